The Morgan fingerprint density at radius 3 is 2.59 bits per heavy atom. The lowest BCUT2D eigenvalue weighted by molar-refractivity contribution is -0.0176. The zero-order valence-electron chi connectivity index (χ0n) is 9.15. The monoisotopic (exact) mass is 278 g/mol. The number of halogens is 2. The molecule has 0 aliphatic carbocycles. The average molecular weight is 279 g/mol. The van der Waals surface area contributed by atoms with Crippen LogP contribution in [0.3, 0.4) is 0 Å². The SMILES string of the molecule is CC1OCCC1(O)CNc1nc(Cl)nc(Cl)n1. The normalized spacial score (nSPS) is 28.4. The van der Waals surface area contributed by atoms with Gasteiger partial charge in [0, 0.05) is 19.6 Å². The van der Waals surface area contributed by atoms with Gasteiger partial charge in [0.2, 0.25) is 16.5 Å². The standard InChI is InChI=1S/C9H12Cl2N4O2/c1-5-9(16,2-3-17-5)4-12-8-14-6(10)13-7(11)15-8/h5,16H,2-4H2,1H3,(H,12,13,14,15). The molecule has 94 valence electrons. The largest absolute Gasteiger partial charge is 0.385 e. The minimum atomic E-state index is -0.925. The Morgan fingerprint density at radius 2 is 2.06 bits per heavy atom. The van der Waals surface area contributed by atoms with Crippen molar-refractivity contribution >= 4 is 29.2 Å². The van der Waals surface area contributed by atoms with E-state index < -0.39 is 5.60 Å². The summed E-state index contributed by atoms with van der Waals surface area (Å²) in [6.45, 7) is 2.63. The third-order valence-electron chi connectivity index (χ3n) is 2.79. The number of hydrogen-bond donors (Lipinski definition) is 2. The molecule has 2 rings (SSSR count). The van der Waals surface area contributed by atoms with Gasteiger partial charge in [-0.25, -0.2) is 0 Å². The van der Waals surface area contributed by atoms with Gasteiger partial charge in [-0.15, -0.1) is 0 Å². The van der Waals surface area contributed by atoms with Crippen LogP contribution in [0.15, 0.2) is 0 Å². The highest BCUT2D eigenvalue weighted by Gasteiger charge is 2.39. The fraction of sp³-hybridized carbons (Fsp3) is 0.667. The molecule has 0 saturated carbocycles. The third-order valence-corrected chi connectivity index (χ3v) is 3.13. The van der Waals surface area contributed by atoms with Crippen LogP contribution in [-0.4, -0.2) is 44.9 Å². The number of ether oxygens (including phenoxy) is 1. The second kappa shape index (κ2) is 4.89. The van der Waals surface area contributed by atoms with E-state index in [1.165, 1.54) is 0 Å². The predicted molar refractivity (Wildman–Crippen MR) is 63.3 cm³/mol. The molecule has 2 N–H and O–H groups in total. The van der Waals surface area contributed by atoms with Gasteiger partial charge in [-0.2, -0.15) is 15.0 Å². The van der Waals surface area contributed by atoms with Crippen molar-refractivity contribution in [3.63, 3.8) is 0 Å². The van der Waals surface area contributed by atoms with Crippen LogP contribution in [0.2, 0.25) is 10.6 Å². The van der Waals surface area contributed by atoms with Crippen LogP contribution in [0.25, 0.3) is 0 Å². The number of aliphatic hydroxyl groups is 1. The summed E-state index contributed by atoms with van der Waals surface area (Å²) in [7, 11) is 0. The van der Waals surface area contributed by atoms with Crippen LogP contribution in [-0.2, 0) is 4.74 Å². The van der Waals surface area contributed by atoms with Gasteiger partial charge in [-0.3, -0.25) is 0 Å². The molecule has 1 aliphatic heterocycles. The second-order valence-electron chi connectivity index (χ2n) is 3.92. The number of anilines is 1. The van der Waals surface area contributed by atoms with Crippen molar-refractivity contribution in [2.45, 2.75) is 25.0 Å². The molecule has 2 atom stereocenters. The Labute approximate surface area is 108 Å². The number of aromatic nitrogens is 3. The van der Waals surface area contributed by atoms with Crippen LogP contribution >= 0.6 is 23.2 Å². The first-order valence-corrected chi connectivity index (χ1v) is 5.90. The molecule has 0 bridgehead atoms. The number of nitrogens with one attached hydrogen (secondary N) is 1. The molecule has 8 heteroatoms. The number of hydrogen-bond acceptors (Lipinski definition) is 6. The van der Waals surface area contributed by atoms with E-state index in [2.05, 4.69) is 20.3 Å². The topological polar surface area (TPSA) is 80.2 Å². The first-order chi connectivity index (χ1) is 7.99. The van der Waals surface area contributed by atoms with Gasteiger partial charge in [0.15, 0.2) is 0 Å². The summed E-state index contributed by atoms with van der Waals surface area (Å²) in [4.78, 5) is 11.3. The Morgan fingerprint density at radius 1 is 1.41 bits per heavy atom. The molecule has 1 aliphatic rings. The molecule has 1 fully saturated rings. The highest BCUT2D eigenvalue weighted by molar-refractivity contribution is 6.31. The summed E-state index contributed by atoms with van der Waals surface area (Å²) in [6.07, 6.45) is 0.330. The van der Waals surface area contributed by atoms with Crippen LogP contribution in [0.1, 0.15) is 13.3 Å². The summed E-state index contributed by atoms with van der Waals surface area (Å²) in [5.74, 6) is 0.238. The van der Waals surface area contributed by atoms with Crippen molar-refractivity contribution in [1.82, 2.24) is 15.0 Å². The van der Waals surface area contributed by atoms with Gasteiger partial charge >= 0.3 is 0 Å². The zero-order chi connectivity index (χ0) is 12.5. The molecule has 0 aromatic carbocycles. The smallest absolute Gasteiger partial charge is 0.228 e. The van der Waals surface area contributed by atoms with Crippen molar-refractivity contribution in [3.8, 4) is 0 Å². The van der Waals surface area contributed by atoms with Crippen LogP contribution in [0.4, 0.5) is 5.95 Å². The van der Waals surface area contributed by atoms with Gasteiger partial charge in [0.1, 0.15) is 5.60 Å². The van der Waals surface area contributed by atoms with E-state index in [0.717, 1.165) is 0 Å². The van der Waals surface area contributed by atoms with Crippen molar-refractivity contribution in [3.05, 3.63) is 10.6 Å². The molecule has 1 aromatic heterocycles. The molecule has 2 unspecified atom stereocenters. The molecule has 17 heavy (non-hydrogen) atoms. The Balaban J connectivity index is 2.02. The first kappa shape index (κ1) is 12.8. The maximum atomic E-state index is 10.2. The van der Waals surface area contributed by atoms with Crippen molar-refractivity contribution in [2.75, 3.05) is 18.5 Å². The van der Waals surface area contributed by atoms with Crippen molar-refractivity contribution in [2.24, 2.45) is 0 Å². The lowest BCUT2D eigenvalue weighted by atomic mass is 9.97. The molecule has 6 nitrogen and oxygen atoms in total. The van der Waals surface area contributed by atoms with Crippen LogP contribution < -0.4 is 5.32 Å². The first-order valence-electron chi connectivity index (χ1n) is 5.14. The quantitative estimate of drug-likeness (QED) is 0.863. The zero-order valence-corrected chi connectivity index (χ0v) is 10.7. The maximum absolute atomic E-state index is 10.2. The van der Waals surface area contributed by atoms with E-state index in [-0.39, 0.29) is 29.2 Å². The van der Waals surface area contributed by atoms with Crippen molar-refractivity contribution in [1.29, 1.82) is 0 Å². The van der Waals surface area contributed by atoms with E-state index in [4.69, 9.17) is 27.9 Å². The molecule has 2 heterocycles. The fourth-order valence-electron chi connectivity index (χ4n) is 1.64. The Kier molecular flexibility index (Phi) is 3.67. The van der Waals surface area contributed by atoms with E-state index in [1.54, 1.807) is 0 Å². The summed E-state index contributed by atoms with van der Waals surface area (Å²) < 4.78 is 5.31. The van der Waals surface area contributed by atoms with Gasteiger partial charge < -0.3 is 15.2 Å². The fourth-order valence-corrected chi connectivity index (χ4v) is 2.00. The highest BCUT2D eigenvalue weighted by atomic mass is 35.5. The molecule has 1 aromatic rings. The van der Waals surface area contributed by atoms with E-state index in [9.17, 15) is 5.11 Å². The van der Waals surface area contributed by atoms with Gasteiger partial charge in [-0.1, -0.05) is 0 Å². The average Bonchev–Trinajstić information content (AvgIpc) is 2.56. The lowest BCUT2D eigenvalue weighted by Gasteiger charge is -2.26. The molecule has 0 radical (unpaired) electrons. The summed E-state index contributed by atoms with van der Waals surface area (Å²) in [6, 6.07) is 0. The minimum Gasteiger partial charge on any atom is -0.385 e. The number of rotatable bonds is 3. The number of nitrogens with zero attached hydrogens (tertiary/aromatic N) is 3. The summed E-state index contributed by atoms with van der Waals surface area (Å²) in [5.41, 5.74) is -0.925. The predicted octanol–water partition coefficient (Wildman–Crippen LogP) is 1.13. The van der Waals surface area contributed by atoms with E-state index >= 15 is 0 Å². The van der Waals surface area contributed by atoms with Gasteiger partial charge in [0.05, 0.1) is 6.10 Å². The maximum Gasteiger partial charge on any atom is 0.228 e. The molecule has 0 spiro atoms. The lowest BCUT2D eigenvalue weighted by Crippen LogP contribution is -2.43. The Hall–Kier alpha value is -0.690. The Bertz CT molecular complexity index is 400. The molecule has 0 amide bonds. The second-order valence-corrected chi connectivity index (χ2v) is 4.59. The minimum absolute atomic E-state index is 0.00945. The molecular formula is C9H12Cl2N4O2. The van der Waals surface area contributed by atoms with Crippen LogP contribution in [0, 0.1) is 0 Å². The van der Waals surface area contributed by atoms with E-state index in [0.29, 0.717) is 13.0 Å². The summed E-state index contributed by atoms with van der Waals surface area (Å²) in [5, 5.41) is 13.1. The van der Waals surface area contributed by atoms with Gasteiger partial charge in [0.25, 0.3) is 0 Å². The third kappa shape index (κ3) is 2.95. The van der Waals surface area contributed by atoms with Crippen molar-refractivity contribution < 1.29 is 9.84 Å². The van der Waals surface area contributed by atoms with E-state index in [1.807, 2.05) is 6.92 Å². The van der Waals surface area contributed by atoms with Crippen LogP contribution in [0.5, 0.6) is 0 Å². The van der Waals surface area contributed by atoms with Gasteiger partial charge in [-0.05, 0) is 30.1 Å². The highest BCUT2D eigenvalue weighted by Crippen LogP contribution is 2.25. The molecule has 1 saturated heterocycles. The summed E-state index contributed by atoms with van der Waals surface area (Å²) >= 11 is 11.3. The molecular weight excluding hydrogens is 267 g/mol.